The van der Waals surface area contributed by atoms with Gasteiger partial charge in [-0.25, -0.2) is 0 Å². The van der Waals surface area contributed by atoms with Crippen molar-refractivity contribution in [3.63, 3.8) is 0 Å². The second-order valence-corrected chi connectivity index (χ2v) is 8.67. The summed E-state index contributed by atoms with van der Waals surface area (Å²) < 4.78 is 7.32. The molecule has 156 valence electrons. The number of morpholine rings is 1. The van der Waals surface area contributed by atoms with Crippen molar-refractivity contribution >= 4 is 29.3 Å². The van der Waals surface area contributed by atoms with Crippen LogP contribution in [0.1, 0.15) is 12.5 Å². The van der Waals surface area contributed by atoms with Crippen LogP contribution in [0.15, 0.2) is 47.9 Å². The molecule has 1 atom stereocenters. The van der Waals surface area contributed by atoms with Crippen LogP contribution in [0.2, 0.25) is 5.02 Å². The maximum absolute atomic E-state index is 12.9. The zero-order chi connectivity index (χ0) is 21.1. The lowest BCUT2D eigenvalue weighted by Crippen LogP contribution is -2.44. The van der Waals surface area contributed by atoms with Crippen molar-refractivity contribution in [2.45, 2.75) is 24.3 Å². The maximum Gasteiger partial charge on any atom is 0.236 e. The summed E-state index contributed by atoms with van der Waals surface area (Å²) >= 11 is 7.79. The van der Waals surface area contributed by atoms with E-state index in [0.717, 1.165) is 16.8 Å². The molecular weight excluding hydrogens is 422 g/mol. The molecule has 0 spiro atoms. The molecule has 1 unspecified atom stereocenters. The third-order valence-corrected chi connectivity index (χ3v) is 6.44. The minimum atomic E-state index is -0.309. The molecule has 0 N–H and O–H groups in total. The van der Waals surface area contributed by atoms with Gasteiger partial charge in [0.2, 0.25) is 5.91 Å². The van der Waals surface area contributed by atoms with Crippen LogP contribution in [0.4, 0.5) is 0 Å². The highest BCUT2D eigenvalue weighted by Crippen LogP contribution is 2.33. The number of thioether (sulfide) groups is 1. The van der Waals surface area contributed by atoms with Crippen molar-refractivity contribution in [3.8, 4) is 17.1 Å². The second-order valence-electron chi connectivity index (χ2n) is 6.96. The average molecular weight is 444 g/mol. The lowest BCUT2D eigenvalue weighted by atomic mass is 10.2. The van der Waals surface area contributed by atoms with Gasteiger partial charge in [0, 0.05) is 36.1 Å². The van der Waals surface area contributed by atoms with E-state index in [0.29, 0.717) is 42.3 Å². The molecule has 1 amide bonds. The number of hydrogen-bond donors (Lipinski definition) is 0. The Bertz CT molecular complexity index is 1040. The molecular formula is C21H22ClN5O2S. The Morgan fingerprint density at radius 3 is 2.63 bits per heavy atom. The van der Waals surface area contributed by atoms with E-state index in [2.05, 4.69) is 15.2 Å². The summed E-state index contributed by atoms with van der Waals surface area (Å²) in [7, 11) is 0. The van der Waals surface area contributed by atoms with E-state index in [-0.39, 0.29) is 11.2 Å². The summed E-state index contributed by atoms with van der Waals surface area (Å²) in [6, 6.07) is 9.51. The fourth-order valence-electron chi connectivity index (χ4n) is 3.34. The summed E-state index contributed by atoms with van der Waals surface area (Å²) in [6.07, 6.45) is 3.44. The number of amides is 1. The third kappa shape index (κ3) is 4.21. The molecule has 1 aliphatic heterocycles. The first-order valence-electron chi connectivity index (χ1n) is 9.70. The Labute approximate surface area is 184 Å². The van der Waals surface area contributed by atoms with Gasteiger partial charge < -0.3 is 9.64 Å². The normalized spacial score (nSPS) is 15.2. The molecule has 2 aromatic heterocycles. The van der Waals surface area contributed by atoms with E-state index in [1.807, 2.05) is 53.6 Å². The van der Waals surface area contributed by atoms with Gasteiger partial charge in [-0.1, -0.05) is 29.4 Å². The van der Waals surface area contributed by atoms with E-state index < -0.39 is 0 Å². The molecule has 0 aliphatic carbocycles. The molecule has 3 heterocycles. The molecule has 1 aliphatic rings. The van der Waals surface area contributed by atoms with Crippen molar-refractivity contribution in [2.24, 2.45) is 0 Å². The van der Waals surface area contributed by atoms with Crippen LogP contribution in [0.25, 0.3) is 17.1 Å². The number of nitrogens with zero attached hydrogens (tertiary/aromatic N) is 5. The van der Waals surface area contributed by atoms with Crippen molar-refractivity contribution in [1.82, 2.24) is 24.6 Å². The number of carbonyl (C=O) groups excluding carboxylic acids is 1. The van der Waals surface area contributed by atoms with E-state index in [1.165, 1.54) is 11.8 Å². The van der Waals surface area contributed by atoms with Gasteiger partial charge in [0.05, 0.1) is 24.2 Å². The number of halogens is 1. The minimum Gasteiger partial charge on any atom is -0.378 e. The van der Waals surface area contributed by atoms with Crippen LogP contribution in [0.3, 0.4) is 0 Å². The smallest absolute Gasteiger partial charge is 0.236 e. The molecule has 1 saturated heterocycles. The number of hydrogen-bond acceptors (Lipinski definition) is 6. The standard InChI is InChI=1S/C21H22ClN5O2S/c1-14-17(22)4-3-5-18(14)27-19(16-6-8-23-9-7-16)24-25-21(27)30-15(2)20(28)26-10-12-29-13-11-26/h3-9,15H,10-13H2,1-2H3. The average Bonchev–Trinajstić information content (AvgIpc) is 3.19. The molecule has 0 saturated carbocycles. The number of aromatic nitrogens is 4. The Balaban J connectivity index is 1.72. The lowest BCUT2D eigenvalue weighted by molar-refractivity contribution is -0.134. The van der Waals surface area contributed by atoms with Gasteiger partial charge in [-0.05, 0) is 43.7 Å². The van der Waals surface area contributed by atoms with E-state index in [1.54, 1.807) is 12.4 Å². The summed E-state index contributed by atoms with van der Waals surface area (Å²) in [5.74, 6) is 0.752. The summed E-state index contributed by atoms with van der Waals surface area (Å²) in [5.41, 5.74) is 2.69. The SMILES string of the molecule is Cc1c(Cl)cccc1-n1c(SC(C)C(=O)N2CCOCC2)nnc1-c1ccncc1. The van der Waals surface area contributed by atoms with Crippen LogP contribution < -0.4 is 0 Å². The van der Waals surface area contributed by atoms with Gasteiger partial charge in [-0.3, -0.25) is 14.3 Å². The number of ether oxygens (including phenoxy) is 1. The largest absolute Gasteiger partial charge is 0.378 e. The highest BCUT2D eigenvalue weighted by atomic mass is 35.5. The molecule has 9 heteroatoms. The number of benzene rings is 1. The number of pyridine rings is 1. The van der Waals surface area contributed by atoms with Gasteiger partial charge >= 0.3 is 0 Å². The van der Waals surface area contributed by atoms with Gasteiger partial charge in [-0.15, -0.1) is 10.2 Å². The van der Waals surface area contributed by atoms with Crippen LogP contribution in [-0.4, -0.2) is 62.1 Å². The second kappa shape index (κ2) is 9.16. The first-order chi connectivity index (χ1) is 14.6. The van der Waals surface area contributed by atoms with Gasteiger partial charge in [0.1, 0.15) is 0 Å². The van der Waals surface area contributed by atoms with Gasteiger partial charge in [0.25, 0.3) is 0 Å². The molecule has 7 nitrogen and oxygen atoms in total. The predicted octanol–water partition coefficient (Wildman–Crippen LogP) is 3.63. The Morgan fingerprint density at radius 1 is 1.17 bits per heavy atom. The minimum absolute atomic E-state index is 0.0751. The Kier molecular flexibility index (Phi) is 6.36. The first kappa shape index (κ1) is 20.8. The zero-order valence-electron chi connectivity index (χ0n) is 16.8. The summed E-state index contributed by atoms with van der Waals surface area (Å²) in [4.78, 5) is 18.8. The maximum atomic E-state index is 12.9. The highest BCUT2D eigenvalue weighted by Gasteiger charge is 2.27. The summed E-state index contributed by atoms with van der Waals surface area (Å²) in [5, 5.41) is 9.85. The van der Waals surface area contributed by atoms with E-state index >= 15 is 0 Å². The fraction of sp³-hybridized carbons (Fsp3) is 0.333. The summed E-state index contributed by atoms with van der Waals surface area (Å²) in [6.45, 7) is 6.25. The molecule has 1 aromatic carbocycles. The highest BCUT2D eigenvalue weighted by molar-refractivity contribution is 8.00. The molecule has 3 aromatic rings. The van der Waals surface area contributed by atoms with Crippen LogP contribution in [0.5, 0.6) is 0 Å². The quantitative estimate of drug-likeness (QED) is 0.560. The number of carbonyl (C=O) groups is 1. The molecule has 0 radical (unpaired) electrons. The van der Waals surface area contributed by atoms with Gasteiger partial charge in [-0.2, -0.15) is 0 Å². The van der Waals surface area contributed by atoms with Crippen molar-refractivity contribution in [1.29, 1.82) is 0 Å². The fourth-order valence-corrected chi connectivity index (χ4v) is 4.45. The molecule has 30 heavy (non-hydrogen) atoms. The van der Waals surface area contributed by atoms with Crippen molar-refractivity contribution in [2.75, 3.05) is 26.3 Å². The predicted molar refractivity (Wildman–Crippen MR) is 117 cm³/mol. The molecule has 4 rings (SSSR count). The van der Waals surface area contributed by atoms with Crippen LogP contribution >= 0.6 is 23.4 Å². The van der Waals surface area contributed by atoms with Crippen LogP contribution in [-0.2, 0) is 9.53 Å². The lowest BCUT2D eigenvalue weighted by Gasteiger charge is -2.29. The van der Waals surface area contributed by atoms with E-state index in [4.69, 9.17) is 16.3 Å². The number of rotatable bonds is 5. The third-order valence-electron chi connectivity index (χ3n) is 5.00. The zero-order valence-corrected chi connectivity index (χ0v) is 18.4. The topological polar surface area (TPSA) is 73.1 Å². The van der Waals surface area contributed by atoms with Crippen molar-refractivity contribution in [3.05, 3.63) is 53.3 Å². The monoisotopic (exact) mass is 443 g/mol. The van der Waals surface area contributed by atoms with Crippen molar-refractivity contribution < 1.29 is 9.53 Å². The first-order valence-corrected chi connectivity index (χ1v) is 11.0. The Hall–Kier alpha value is -2.42. The van der Waals surface area contributed by atoms with E-state index in [9.17, 15) is 4.79 Å². The van der Waals surface area contributed by atoms with Gasteiger partial charge in [0.15, 0.2) is 11.0 Å². The Morgan fingerprint density at radius 2 is 1.90 bits per heavy atom. The molecule has 1 fully saturated rings. The molecule has 0 bridgehead atoms. The van der Waals surface area contributed by atoms with Crippen LogP contribution in [0, 0.1) is 6.92 Å².